The molecule has 10 nitrogen and oxygen atoms in total. The van der Waals surface area contributed by atoms with Crippen molar-refractivity contribution < 1.29 is 28.2 Å². The number of methoxy groups -OCH3 is 1. The molecule has 4 heterocycles. The van der Waals surface area contributed by atoms with Crippen molar-refractivity contribution in [3.8, 4) is 11.8 Å². The van der Waals surface area contributed by atoms with Gasteiger partial charge in [-0.15, -0.1) is 0 Å². The van der Waals surface area contributed by atoms with E-state index in [1.807, 2.05) is 37.8 Å². The Morgan fingerprint density at radius 3 is 2.78 bits per heavy atom. The number of anilines is 1. The van der Waals surface area contributed by atoms with Crippen LogP contribution in [0.15, 0.2) is 24.3 Å². The fraction of sp³-hybridized carbons (Fsp3) is 0.500. The van der Waals surface area contributed by atoms with Crippen molar-refractivity contribution >= 4 is 34.5 Å². The lowest BCUT2D eigenvalue weighted by Gasteiger charge is -2.33. The van der Waals surface area contributed by atoms with Crippen LogP contribution in [0.25, 0.3) is 22.8 Å². The Labute approximate surface area is 267 Å². The number of hydrogen-bond donors (Lipinski definition) is 4. The number of carbonyl (C=O) groups is 1. The SMILES string of the molecule is CC.CCC(F)CC1CCCN1.COc1nc(N2CCOC(C(N)=O)C2)c2c(n1)=C(F)C(c1cc(O)cc3ccc4c(c13)C4)NC=2. The van der Waals surface area contributed by atoms with Crippen LogP contribution in [-0.4, -0.2) is 72.7 Å². The maximum atomic E-state index is 16.1. The van der Waals surface area contributed by atoms with Crippen LogP contribution >= 0.6 is 0 Å². The van der Waals surface area contributed by atoms with Crippen molar-refractivity contribution in [2.24, 2.45) is 5.73 Å². The minimum atomic E-state index is -0.843. The molecule has 1 aliphatic carbocycles. The summed E-state index contributed by atoms with van der Waals surface area (Å²) in [5, 5.41) is 19.1. The van der Waals surface area contributed by atoms with E-state index in [-0.39, 0.29) is 30.3 Å². The summed E-state index contributed by atoms with van der Waals surface area (Å²) in [4.78, 5) is 22.2. The van der Waals surface area contributed by atoms with Gasteiger partial charge in [-0.05, 0) is 78.2 Å². The van der Waals surface area contributed by atoms with Gasteiger partial charge in [-0.1, -0.05) is 32.9 Å². The van der Waals surface area contributed by atoms with Crippen molar-refractivity contribution in [3.63, 3.8) is 0 Å². The first-order valence-corrected chi connectivity index (χ1v) is 16.2. The number of benzene rings is 2. The average molecular weight is 639 g/mol. The first-order chi connectivity index (χ1) is 22.3. The van der Waals surface area contributed by atoms with E-state index in [0.29, 0.717) is 35.6 Å². The molecule has 5 N–H and O–H groups in total. The quantitative estimate of drug-likeness (QED) is 0.241. The Balaban J connectivity index is 0.000000296. The molecular weight excluding hydrogens is 594 g/mol. The summed E-state index contributed by atoms with van der Waals surface area (Å²) >= 11 is 0. The highest BCUT2D eigenvalue weighted by Crippen LogP contribution is 2.42. The summed E-state index contributed by atoms with van der Waals surface area (Å²) in [6.45, 7) is 7.89. The lowest BCUT2D eigenvalue weighted by Crippen LogP contribution is -2.52. The third kappa shape index (κ3) is 7.02. The molecule has 2 aromatic carbocycles. The summed E-state index contributed by atoms with van der Waals surface area (Å²) in [5.41, 5.74) is 8.46. The minimum absolute atomic E-state index is 0.00752. The molecular formula is C34H44F2N6O4. The highest BCUT2D eigenvalue weighted by Gasteiger charge is 2.31. The molecule has 4 aliphatic rings. The van der Waals surface area contributed by atoms with Crippen LogP contribution in [0.2, 0.25) is 0 Å². The van der Waals surface area contributed by atoms with E-state index in [1.54, 1.807) is 18.3 Å². The molecule has 0 spiro atoms. The van der Waals surface area contributed by atoms with Crippen LogP contribution in [0.1, 0.15) is 69.2 Å². The third-order valence-corrected chi connectivity index (χ3v) is 8.68. The van der Waals surface area contributed by atoms with E-state index in [2.05, 4.69) is 20.6 Å². The Morgan fingerprint density at radius 1 is 1.28 bits per heavy atom. The maximum absolute atomic E-state index is 16.1. The Kier molecular flexibility index (Phi) is 10.6. The largest absolute Gasteiger partial charge is 0.508 e. The molecule has 3 aromatic rings. The Hall–Kier alpha value is -4.03. The van der Waals surface area contributed by atoms with Crippen LogP contribution in [0.4, 0.5) is 14.6 Å². The van der Waals surface area contributed by atoms with Gasteiger partial charge in [0.25, 0.3) is 0 Å². The number of nitrogens with one attached hydrogen (secondary N) is 2. The van der Waals surface area contributed by atoms with Gasteiger partial charge in [-0.3, -0.25) is 4.79 Å². The molecule has 4 unspecified atom stereocenters. The summed E-state index contributed by atoms with van der Waals surface area (Å²) in [5.74, 6) is -0.596. The number of alkyl halides is 1. The summed E-state index contributed by atoms with van der Waals surface area (Å²) in [6.07, 6.45) is 4.92. The summed E-state index contributed by atoms with van der Waals surface area (Å²) < 4.78 is 39.5. The van der Waals surface area contributed by atoms with Gasteiger partial charge in [0.15, 0.2) is 11.9 Å². The fourth-order valence-electron chi connectivity index (χ4n) is 6.26. The van der Waals surface area contributed by atoms with Crippen molar-refractivity contribution in [2.75, 3.05) is 38.3 Å². The Morgan fingerprint density at radius 2 is 2.09 bits per heavy atom. The number of nitrogens with two attached hydrogens (primary N) is 1. The van der Waals surface area contributed by atoms with Crippen LogP contribution < -0.4 is 36.6 Å². The first kappa shape index (κ1) is 33.3. The van der Waals surface area contributed by atoms with Crippen LogP contribution in [0.5, 0.6) is 11.8 Å². The molecule has 4 atom stereocenters. The van der Waals surface area contributed by atoms with Gasteiger partial charge in [0.1, 0.15) is 29.1 Å². The Bertz CT molecular complexity index is 1700. The zero-order valence-corrected chi connectivity index (χ0v) is 26.9. The standard InChI is InChI=1S/C24H22FN5O4.C8H16FN.C2H6/c1-33-24-28-21-16(23(29-24)30-4-5-34-17(10-30)22(26)32)9-27-20(19(21)25)15-8-13(31)6-12-3-2-11-7-14(11)18(12)15;1-2-7(9)6-8-4-3-5-10-8;1-2/h2-3,6,8-9,17,20,27,31H,4-5,7,10H2,1H3,(H2,26,32);7-8,10H,2-6H2,1H3;1-2H3. The number of phenols is 1. The second-order valence-corrected chi connectivity index (χ2v) is 11.6. The smallest absolute Gasteiger partial charge is 0.318 e. The van der Waals surface area contributed by atoms with E-state index < -0.39 is 30.1 Å². The molecule has 2 fully saturated rings. The molecule has 1 aromatic heterocycles. The van der Waals surface area contributed by atoms with Gasteiger partial charge in [0.2, 0.25) is 5.91 Å². The predicted octanol–water partition coefficient (Wildman–Crippen LogP) is 3.00. The van der Waals surface area contributed by atoms with E-state index in [1.165, 1.54) is 31.1 Å². The van der Waals surface area contributed by atoms with Gasteiger partial charge >= 0.3 is 6.01 Å². The average Bonchev–Trinajstić information content (AvgIpc) is 3.70. The number of fused-ring (bicyclic) bond motifs is 4. The molecule has 46 heavy (non-hydrogen) atoms. The third-order valence-electron chi connectivity index (χ3n) is 8.68. The molecule has 0 radical (unpaired) electrons. The number of hydrogen-bond acceptors (Lipinski definition) is 9. The first-order valence-electron chi connectivity index (χ1n) is 16.2. The number of morpholine rings is 1. The van der Waals surface area contributed by atoms with Crippen molar-refractivity contribution in [3.05, 3.63) is 51.5 Å². The topological polar surface area (TPSA) is 135 Å². The summed E-state index contributed by atoms with van der Waals surface area (Å²) in [6, 6.07) is 6.89. The normalized spacial score (nSPS) is 21.7. The lowest BCUT2D eigenvalue weighted by atomic mass is 9.95. The summed E-state index contributed by atoms with van der Waals surface area (Å²) in [7, 11) is 1.41. The van der Waals surface area contributed by atoms with E-state index in [0.717, 1.165) is 30.2 Å². The predicted molar refractivity (Wildman–Crippen MR) is 174 cm³/mol. The number of nitrogens with zero attached hydrogens (tertiary/aromatic N) is 3. The molecule has 3 aliphatic heterocycles. The number of phenolic OH excluding ortho intramolecular Hbond substituents is 1. The number of halogens is 2. The van der Waals surface area contributed by atoms with Gasteiger partial charge in [-0.25, -0.2) is 8.78 Å². The van der Waals surface area contributed by atoms with Crippen LogP contribution in [0, 0.1) is 0 Å². The number of aromatic hydroxyl groups is 1. The van der Waals surface area contributed by atoms with Gasteiger partial charge in [-0.2, -0.15) is 9.97 Å². The second-order valence-electron chi connectivity index (χ2n) is 11.6. The molecule has 1 amide bonds. The molecule has 248 valence electrons. The van der Waals surface area contributed by atoms with E-state index >= 15 is 4.39 Å². The van der Waals surface area contributed by atoms with Gasteiger partial charge in [0.05, 0.1) is 25.5 Å². The van der Waals surface area contributed by atoms with Crippen LogP contribution in [0.3, 0.4) is 0 Å². The van der Waals surface area contributed by atoms with E-state index in [9.17, 15) is 14.3 Å². The molecule has 0 bridgehead atoms. The monoisotopic (exact) mass is 638 g/mol. The maximum Gasteiger partial charge on any atom is 0.318 e. The number of rotatable bonds is 7. The lowest BCUT2D eigenvalue weighted by molar-refractivity contribution is -0.130. The molecule has 2 saturated heterocycles. The van der Waals surface area contributed by atoms with Crippen LogP contribution in [-0.2, 0) is 16.0 Å². The minimum Gasteiger partial charge on any atom is -0.508 e. The molecule has 12 heteroatoms. The molecule has 0 saturated carbocycles. The molecule has 7 rings (SSSR count). The number of ether oxygens (including phenoxy) is 2. The zero-order valence-electron chi connectivity index (χ0n) is 26.9. The highest BCUT2D eigenvalue weighted by molar-refractivity contribution is 5.95. The fourth-order valence-corrected chi connectivity index (χ4v) is 6.26. The number of aromatic nitrogens is 2. The highest BCUT2D eigenvalue weighted by atomic mass is 19.1. The van der Waals surface area contributed by atoms with Gasteiger partial charge < -0.3 is 35.8 Å². The van der Waals surface area contributed by atoms with Crippen molar-refractivity contribution in [1.82, 2.24) is 20.6 Å². The second kappa shape index (κ2) is 14.6. The van der Waals surface area contributed by atoms with Crippen molar-refractivity contribution in [2.45, 2.75) is 77.2 Å². The number of amides is 1. The number of carbonyl (C=O) groups excluding carboxylic acids is 1. The zero-order chi connectivity index (χ0) is 33.0. The van der Waals surface area contributed by atoms with E-state index in [4.69, 9.17) is 15.2 Å². The van der Waals surface area contributed by atoms with Crippen molar-refractivity contribution in [1.29, 1.82) is 0 Å². The number of primary amides is 1. The van der Waals surface area contributed by atoms with Gasteiger partial charge in [0, 0.05) is 18.8 Å².